The molecule has 5 nitrogen and oxygen atoms in total. The third-order valence-corrected chi connectivity index (χ3v) is 6.56. The number of H-pyrrole nitrogens is 1. The number of nitrogens with zero attached hydrogens (tertiary/aromatic N) is 2. The molecule has 6 heteroatoms. The summed E-state index contributed by atoms with van der Waals surface area (Å²) < 4.78 is 25.3. The molecule has 2 aromatic rings. The summed E-state index contributed by atoms with van der Waals surface area (Å²) in [5, 5.41) is 10.4. The first kappa shape index (κ1) is 14.7. The monoisotopic (exact) mass is 315 g/mol. The minimum absolute atomic E-state index is 0.314. The summed E-state index contributed by atoms with van der Waals surface area (Å²) in [7, 11) is -3.57. The molecule has 22 heavy (non-hydrogen) atoms. The predicted molar refractivity (Wildman–Crippen MR) is 84.2 cm³/mol. The van der Waals surface area contributed by atoms with Crippen LogP contribution in [0.25, 0.3) is 0 Å². The van der Waals surface area contributed by atoms with Crippen LogP contribution in [-0.2, 0) is 9.84 Å². The molecule has 1 aromatic heterocycles. The molecule has 1 aromatic carbocycles. The van der Waals surface area contributed by atoms with Crippen molar-refractivity contribution in [2.75, 3.05) is 0 Å². The number of rotatable bonds is 3. The Kier molecular flexibility index (Phi) is 3.48. The average molecular weight is 315 g/mol. The average Bonchev–Trinajstić information content (AvgIpc) is 3.02. The second-order valence-electron chi connectivity index (χ2n) is 5.62. The van der Waals surface area contributed by atoms with Crippen LogP contribution in [0.2, 0.25) is 0 Å². The molecule has 2 unspecified atom stereocenters. The van der Waals surface area contributed by atoms with E-state index in [0.717, 1.165) is 5.56 Å². The SMILES string of the molecule is Cc1ccc(S(=O)(=O)C2(C)C=CC=CC2c2cn[nH]n2)cc1. The van der Waals surface area contributed by atoms with E-state index in [1.807, 2.05) is 31.2 Å². The van der Waals surface area contributed by atoms with Crippen LogP contribution in [0.15, 0.2) is 59.7 Å². The van der Waals surface area contributed by atoms with Gasteiger partial charge < -0.3 is 0 Å². The fourth-order valence-corrected chi connectivity index (χ4v) is 4.49. The Bertz CT molecular complexity index is 821. The molecular weight excluding hydrogens is 298 g/mol. The van der Waals surface area contributed by atoms with E-state index in [0.29, 0.717) is 10.6 Å². The lowest BCUT2D eigenvalue weighted by molar-refractivity contribution is 0.540. The van der Waals surface area contributed by atoms with Gasteiger partial charge in [0.2, 0.25) is 0 Å². The van der Waals surface area contributed by atoms with Gasteiger partial charge in [0.05, 0.1) is 16.8 Å². The number of hydrogen-bond acceptors (Lipinski definition) is 4. The molecule has 0 bridgehead atoms. The maximum absolute atomic E-state index is 13.2. The lowest BCUT2D eigenvalue weighted by atomic mass is 9.87. The molecular formula is C16H17N3O2S. The Morgan fingerprint density at radius 1 is 1.18 bits per heavy atom. The molecule has 0 amide bonds. The van der Waals surface area contributed by atoms with Crippen LogP contribution in [0.3, 0.4) is 0 Å². The van der Waals surface area contributed by atoms with Crippen molar-refractivity contribution in [2.24, 2.45) is 0 Å². The van der Waals surface area contributed by atoms with Gasteiger partial charge in [-0.1, -0.05) is 42.0 Å². The van der Waals surface area contributed by atoms with Crippen molar-refractivity contribution in [3.05, 3.63) is 66.0 Å². The molecule has 1 heterocycles. The number of allylic oxidation sites excluding steroid dienone is 3. The Hall–Kier alpha value is -2.21. The number of nitrogens with one attached hydrogen (secondary N) is 1. The molecule has 1 aliphatic rings. The van der Waals surface area contributed by atoms with Gasteiger partial charge >= 0.3 is 0 Å². The predicted octanol–water partition coefficient (Wildman–Crippen LogP) is 2.56. The molecule has 0 aliphatic heterocycles. The van der Waals surface area contributed by atoms with E-state index in [-0.39, 0.29) is 5.92 Å². The molecule has 0 saturated carbocycles. The molecule has 114 valence electrons. The van der Waals surface area contributed by atoms with Crippen molar-refractivity contribution in [1.29, 1.82) is 0 Å². The minimum atomic E-state index is -3.57. The first-order chi connectivity index (χ1) is 10.4. The Morgan fingerprint density at radius 2 is 1.91 bits per heavy atom. The van der Waals surface area contributed by atoms with Crippen molar-refractivity contribution in [2.45, 2.75) is 29.4 Å². The minimum Gasteiger partial charge on any atom is -0.223 e. The summed E-state index contributed by atoms with van der Waals surface area (Å²) in [5.41, 5.74) is 1.63. The summed E-state index contributed by atoms with van der Waals surface area (Å²) in [6.45, 7) is 3.65. The van der Waals surface area contributed by atoms with E-state index in [1.165, 1.54) is 0 Å². The van der Waals surface area contributed by atoms with Gasteiger partial charge in [-0.25, -0.2) is 8.42 Å². The maximum atomic E-state index is 13.2. The number of hydrogen-bond donors (Lipinski definition) is 1. The number of benzene rings is 1. The van der Waals surface area contributed by atoms with Crippen LogP contribution in [0.5, 0.6) is 0 Å². The summed E-state index contributed by atoms with van der Waals surface area (Å²) in [4.78, 5) is 0.314. The summed E-state index contributed by atoms with van der Waals surface area (Å²) in [6, 6.07) is 6.93. The third-order valence-electron chi connectivity index (χ3n) is 4.12. The van der Waals surface area contributed by atoms with Gasteiger partial charge in [0.25, 0.3) is 0 Å². The molecule has 2 atom stereocenters. The van der Waals surface area contributed by atoms with Gasteiger partial charge in [0, 0.05) is 5.92 Å². The van der Waals surface area contributed by atoms with Crippen LogP contribution in [0, 0.1) is 6.92 Å². The number of sulfone groups is 1. The van der Waals surface area contributed by atoms with Crippen molar-refractivity contribution < 1.29 is 8.42 Å². The molecule has 0 saturated heterocycles. The number of aromatic nitrogens is 3. The van der Waals surface area contributed by atoms with Gasteiger partial charge in [-0.15, -0.1) is 0 Å². The van der Waals surface area contributed by atoms with Gasteiger partial charge in [0.15, 0.2) is 9.84 Å². The Balaban J connectivity index is 2.12. The molecule has 0 radical (unpaired) electrons. The Morgan fingerprint density at radius 3 is 2.55 bits per heavy atom. The molecule has 0 spiro atoms. The third kappa shape index (κ3) is 2.20. The van der Waals surface area contributed by atoms with E-state index < -0.39 is 14.6 Å². The van der Waals surface area contributed by atoms with Crippen molar-refractivity contribution in [1.82, 2.24) is 15.4 Å². The zero-order chi connectivity index (χ0) is 15.8. The highest BCUT2D eigenvalue weighted by molar-refractivity contribution is 7.93. The normalized spacial score (nSPS) is 24.5. The second kappa shape index (κ2) is 5.21. The molecule has 0 fully saturated rings. The largest absolute Gasteiger partial charge is 0.223 e. The second-order valence-corrected chi connectivity index (χ2v) is 7.97. The molecule has 3 rings (SSSR count). The molecule has 1 N–H and O–H groups in total. The van der Waals surface area contributed by atoms with Gasteiger partial charge in [-0.05, 0) is 26.0 Å². The van der Waals surface area contributed by atoms with Crippen LogP contribution < -0.4 is 0 Å². The van der Waals surface area contributed by atoms with Crippen LogP contribution in [0.1, 0.15) is 24.1 Å². The smallest absolute Gasteiger partial charge is 0.188 e. The standard InChI is InChI=1S/C16H17N3O2S/c1-12-6-8-13(9-7-12)22(20,21)16(2)10-4-3-5-14(16)15-11-17-19-18-15/h3-11,14H,1-2H3,(H,17,18,19). The first-order valence-electron chi connectivity index (χ1n) is 6.98. The molecule has 1 aliphatic carbocycles. The fraction of sp³-hybridized carbons (Fsp3) is 0.250. The summed E-state index contributed by atoms with van der Waals surface area (Å²) in [5.74, 6) is -0.387. The number of aryl methyl sites for hydroxylation is 1. The van der Waals surface area contributed by atoms with E-state index in [1.54, 1.807) is 37.4 Å². The lowest BCUT2D eigenvalue weighted by Gasteiger charge is -2.33. The Labute approximate surface area is 129 Å². The highest BCUT2D eigenvalue weighted by atomic mass is 32.2. The van der Waals surface area contributed by atoms with Crippen LogP contribution in [-0.4, -0.2) is 28.6 Å². The van der Waals surface area contributed by atoms with Crippen molar-refractivity contribution in [3.63, 3.8) is 0 Å². The van der Waals surface area contributed by atoms with E-state index in [4.69, 9.17) is 0 Å². The van der Waals surface area contributed by atoms with Gasteiger partial charge in [-0.3, -0.25) is 0 Å². The highest BCUT2D eigenvalue weighted by Crippen LogP contribution is 2.41. The van der Waals surface area contributed by atoms with Crippen molar-refractivity contribution >= 4 is 9.84 Å². The van der Waals surface area contributed by atoms with E-state index >= 15 is 0 Å². The lowest BCUT2D eigenvalue weighted by Crippen LogP contribution is -2.40. The summed E-state index contributed by atoms with van der Waals surface area (Å²) in [6.07, 6.45) is 8.75. The highest BCUT2D eigenvalue weighted by Gasteiger charge is 2.46. The first-order valence-corrected chi connectivity index (χ1v) is 8.46. The van der Waals surface area contributed by atoms with E-state index in [2.05, 4.69) is 15.4 Å². The quantitative estimate of drug-likeness (QED) is 0.944. The fourth-order valence-electron chi connectivity index (χ4n) is 2.70. The van der Waals surface area contributed by atoms with Crippen molar-refractivity contribution in [3.8, 4) is 0 Å². The van der Waals surface area contributed by atoms with Crippen LogP contribution in [0.4, 0.5) is 0 Å². The van der Waals surface area contributed by atoms with Gasteiger partial charge in [-0.2, -0.15) is 15.4 Å². The topological polar surface area (TPSA) is 75.7 Å². The maximum Gasteiger partial charge on any atom is 0.188 e. The zero-order valence-corrected chi connectivity index (χ0v) is 13.2. The summed E-state index contributed by atoms with van der Waals surface area (Å²) >= 11 is 0. The zero-order valence-electron chi connectivity index (χ0n) is 12.4. The van der Waals surface area contributed by atoms with E-state index in [9.17, 15) is 8.42 Å². The number of aromatic amines is 1. The van der Waals surface area contributed by atoms with Crippen LogP contribution >= 0.6 is 0 Å². The van der Waals surface area contributed by atoms with Gasteiger partial charge in [0.1, 0.15) is 4.75 Å².